The van der Waals surface area contributed by atoms with E-state index in [-0.39, 0.29) is 16.8 Å². The van der Waals surface area contributed by atoms with Crippen molar-refractivity contribution in [2.24, 2.45) is 5.92 Å². The number of carbonyl (C=O) groups is 1. The standard InChI is InChI=1S/C23H38N4O3S/c1-7-8-15-27-21-12-11-19(31(29,30)26(5)6)16-20(21)25-22(27)13-14-23(28)24-18(4)10-9-17(2)3/h11-12,16-18H,7-10,13-15H2,1-6H3,(H,24,28). The molecule has 0 saturated carbocycles. The van der Waals surface area contributed by atoms with E-state index in [0.29, 0.717) is 24.3 Å². The highest BCUT2D eigenvalue weighted by molar-refractivity contribution is 7.89. The number of fused-ring (bicyclic) bond motifs is 1. The number of hydrogen-bond acceptors (Lipinski definition) is 4. The number of imidazole rings is 1. The zero-order valence-electron chi connectivity index (χ0n) is 19.8. The Bertz CT molecular complexity index is 980. The molecule has 0 aliphatic heterocycles. The van der Waals surface area contributed by atoms with E-state index < -0.39 is 10.0 Å². The molecule has 1 aromatic carbocycles. The van der Waals surface area contributed by atoms with Gasteiger partial charge in [-0.3, -0.25) is 4.79 Å². The lowest BCUT2D eigenvalue weighted by Gasteiger charge is -2.15. The number of aromatic nitrogens is 2. The molecule has 1 N–H and O–H groups in total. The van der Waals surface area contributed by atoms with Crippen LogP contribution in [0.2, 0.25) is 0 Å². The Labute approximate surface area is 187 Å². The van der Waals surface area contributed by atoms with Crippen LogP contribution in [0.3, 0.4) is 0 Å². The molecule has 1 aromatic heterocycles. The van der Waals surface area contributed by atoms with E-state index in [1.165, 1.54) is 18.4 Å². The molecule has 8 heteroatoms. The maximum Gasteiger partial charge on any atom is 0.242 e. The zero-order chi connectivity index (χ0) is 23.2. The Hall–Kier alpha value is -1.93. The quantitative estimate of drug-likeness (QED) is 0.530. The lowest BCUT2D eigenvalue weighted by atomic mass is 10.0. The van der Waals surface area contributed by atoms with E-state index >= 15 is 0 Å². The number of rotatable bonds is 12. The van der Waals surface area contributed by atoms with Gasteiger partial charge in [-0.05, 0) is 50.3 Å². The van der Waals surface area contributed by atoms with E-state index in [1.54, 1.807) is 12.1 Å². The topological polar surface area (TPSA) is 84.3 Å². The average Bonchev–Trinajstić information content (AvgIpc) is 3.05. The van der Waals surface area contributed by atoms with Crippen molar-refractivity contribution in [1.29, 1.82) is 0 Å². The second kappa shape index (κ2) is 11.1. The molecule has 0 radical (unpaired) electrons. The molecule has 2 aromatic rings. The highest BCUT2D eigenvalue weighted by Crippen LogP contribution is 2.23. The van der Waals surface area contributed by atoms with E-state index in [9.17, 15) is 13.2 Å². The van der Waals surface area contributed by atoms with Gasteiger partial charge in [-0.15, -0.1) is 0 Å². The van der Waals surface area contributed by atoms with Crippen molar-refractivity contribution < 1.29 is 13.2 Å². The number of aryl methyl sites for hydroxylation is 2. The molecular formula is C23H38N4O3S. The first-order valence-electron chi connectivity index (χ1n) is 11.3. The predicted octanol–water partition coefficient (Wildman–Crippen LogP) is 3.96. The third-order valence-electron chi connectivity index (χ3n) is 5.47. The van der Waals surface area contributed by atoms with Crippen molar-refractivity contribution in [1.82, 2.24) is 19.2 Å². The van der Waals surface area contributed by atoms with E-state index in [2.05, 4.69) is 30.7 Å². The van der Waals surface area contributed by atoms with Gasteiger partial charge >= 0.3 is 0 Å². The van der Waals surface area contributed by atoms with Crippen LogP contribution in [0.25, 0.3) is 11.0 Å². The first-order chi connectivity index (χ1) is 14.6. The van der Waals surface area contributed by atoms with Gasteiger partial charge in [0, 0.05) is 39.5 Å². The minimum Gasteiger partial charge on any atom is -0.354 e. The van der Waals surface area contributed by atoms with Gasteiger partial charge < -0.3 is 9.88 Å². The lowest BCUT2D eigenvalue weighted by molar-refractivity contribution is -0.121. The Morgan fingerprint density at radius 1 is 1.19 bits per heavy atom. The highest BCUT2D eigenvalue weighted by Gasteiger charge is 2.20. The van der Waals surface area contributed by atoms with Crippen molar-refractivity contribution in [2.75, 3.05) is 14.1 Å². The number of amides is 1. The van der Waals surface area contributed by atoms with Gasteiger partial charge in [0.25, 0.3) is 0 Å². The fourth-order valence-corrected chi connectivity index (χ4v) is 4.44. The maximum absolute atomic E-state index is 12.5. The first kappa shape index (κ1) is 25.3. The van der Waals surface area contributed by atoms with E-state index in [0.717, 1.165) is 43.6 Å². The number of carbonyl (C=O) groups excluding carboxylic acids is 1. The molecule has 1 heterocycles. The SMILES string of the molecule is CCCCn1c(CCC(=O)NC(C)CCC(C)C)nc2cc(S(=O)(=O)N(C)C)ccc21. The van der Waals surface area contributed by atoms with Gasteiger partial charge in [0.1, 0.15) is 5.82 Å². The van der Waals surface area contributed by atoms with E-state index in [4.69, 9.17) is 4.98 Å². The van der Waals surface area contributed by atoms with Gasteiger partial charge in [-0.1, -0.05) is 27.2 Å². The molecule has 0 aliphatic rings. The van der Waals surface area contributed by atoms with Crippen LogP contribution >= 0.6 is 0 Å². The zero-order valence-corrected chi connectivity index (χ0v) is 20.6. The van der Waals surface area contributed by atoms with Crippen molar-refractivity contribution in [3.05, 3.63) is 24.0 Å². The van der Waals surface area contributed by atoms with Gasteiger partial charge in [-0.2, -0.15) is 0 Å². The van der Waals surface area contributed by atoms with Crippen LogP contribution in [0.15, 0.2) is 23.1 Å². The van der Waals surface area contributed by atoms with Gasteiger partial charge in [0.2, 0.25) is 15.9 Å². The summed E-state index contributed by atoms with van der Waals surface area (Å²) < 4.78 is 28.3. The minimum atomic E-state index is -3.52. The van der Waals surface area contributed by atoms with Crippen LogP contribution in [0.1, 0.15) is 65.6 Å². The maximum atomic E-state index is 12.5. The van der Waals surface area contributed by atoms with Crippen molar-refractivity contribution in [3.63, 3.8) is 0 Å². The Morgan fingerprint density at radius 2 is 1.90 bits per heavy atom. The fraction of sp³-hybridized carbons (Fsp3) is 0.652. The summed E-state index contributed by atoms with van der Waals surface area (Å²) in [5, 5.41) is 3.08. The summed E-state index contributed by atoms with van der Waals surface area (Å²) in [6.45, 7) is 9.35. The summed E-state index contributed by atoms with van der Waals surface area (Å²) in [5.41, 5.74) is 1.56. The molecule has 31 heavy (non-hydrogen) atoms. The molecule has 0 aliphatic carbocycles. The predicted molar refractivity (Wildman–Crippen MR) is 126 cm³/mol. The Morgan fingerprint density at radius 3 is 2.52 bits per heavy atom. The van der Waals surface area contributed by atoms with Crippen molar-refractivity contribution in [3.8, 4) is 0 Å². The number of sulfonamides is 1. The van der Waals surface area contributed by atoms with Crippen LogP contribution in [0.4, 0.5) is 0 Å². The molecule has 1 unspecified atom stereocenters. The molecule has 174 valence electrons. The van der Waals surface area contributed by atoms with Crippen LogP contribution in [-0.4, -0.2) is 48.3 Å². The third kappa shape index (κ3) is 6.77. The van der Waals surface area contributed by atoms with Crippen LogP contribution in [0.5, 0.6) is 0 Å². The molecular weight excluding hydrogens is 412 g/mol. The van der Waals surface area contributed by atoms with E-state index in [1.807, 2.05) is 13.0 Å². The second-order valence-electron chi connectivity index (χ2n) is 8.91. The summed E-state index contributed by atoms with van der Waals surface area (Å²) in [5.74, 6) is 1.48. The molecule has 1 atom stereocenters. The largest absolute Gasteiger partial charge is 0.354 e. The van der Waals surface area contributed by atoms with Crippen molar-refractivity contribution in [2.45, 2.75) is 83.7 Å². The number of nitrogens with zero attached hydrogens (tertiary/aromatic N) is 3. The average molecular weight is 451 g/mol. The Kier molecular flexibility index (Phi) is 9.06. The fourth-order valence-electron chi connectivity index (χ4n) is 3.52. The highest BCUT2D eigenvalue weighted by atomic mass is 32.2. The lowest BCUT2D eigenvalue weighted by Crippen LogP contribution is -2.33. The summed E-state index contributed by atoms with van der Waals surface area (Å²) in [4.78, 5) is 17.4. The molecule has 7 nitrogen and oxygen atoms in total. The minimum absolute atomic E-state index is 0.0289. The van der Waals surface area contributed by atoms with Gasteiger partial charge in [0.15, 0.2) is 0 Å². The molecule has 2 rings (SSSR count). The number of hydrogen-bond donors (Lipinski definition) is 1. The number of unbranched alkanes of at least 4 members (excludes halogenated alkanes) is 1. The summed E-state index contributed by atoms with van der Waals surface area (Å²) in [6.07, 6.45) is 4.99. The smallest absolute Gasteiger partial charge is 0.242 e. The normalized spacial score (nSPS) is 13.3. The van der Waals surface area contributed by atoms with Crippen LogP contribution in [0, 0.1) is 5.92 Å². The molecule has 0 fully saturated rings. The second-order valence-corrected chi connectivity index (χ2v) is 11.1. The van der Waals surface area contributed by atoms with Crippen LogP contribution in [-0.2, 0) is 27.8 Å². The molecule has 0 spiro atoms. The molecule has 1 amide bonds. The number of nitrogens with one attached hydrogen (secondary N) is 1. The summed E-state index contributed by atoms with van der Waals surface area (Å²) in [7, 11) is -0.481. The summed E-state index contributed by atoms with van der Waals surface area (Å²) in [6, 6.07) is 5.25. The third-order valence-corrected chi connectivity index (χ3v) is 7.28. The number of benzene rings is 1. The molecule has 0 saturated heterocycles. The van der Waals surface area contributed by atoms with Gasteiger partial charge in [-0.25, -0.2) is 17.7 Å². The summed E-state index contributed by atoms with van der Waals surface area (Å²) >= 11 is 0. The first-order valence-corrected chi connectivity index (χ1v) is 12.7. The monoisotopic (exact) mass is 450 g/mol. The van der Waals surface area contributed by atoms with Crippen molar-refractivity contribution >= 4 is 27.0 Å². The Balaban J connectivity index is 2.20. The molecule has 0 bridgehead atoms. The van der Waals surface area contributed by atoms with Gasteiger partial charge in [0.05, 0.1) is 15.9 Å². The van der Waals surface area contributed by atoms with Crippen LogP contribution < -0.4 is 5.32 Å².